The maximum absolute atomic E-state index is 14.5. The first-order valence-electron chi connectivity index (χ1n) is 15.0. The molecule has 0 spiro atoms. The van der Waals surface area contributed by atoms with Crippen molar-refractivity contribution in [3.05, 3.63) is 78.9 Å². The van der Waals surface area contributed by atoms with E-state index in [1.807, 2.05) is 0 Å². The van der Waals surface area contributed by atoms with Gasteiger partial charge in [0.2, 0.25) is 5.95 Å². The molecule has 4 heterocycles. The number of aromatic nitrogens is 5. The van der Waals surface area contributed by atoms with Gasteiger partial charge in [-0.1, -0.05) is 30.3 Å². The number of hydrogen-bond acceptors (Lipinski definition) is 8. The fourth-order valence-electron chi connectivity index (χ4n) is 5.78. The van der Waals surface area contributed by atoms with Crippen LogP contribution in [0.25, 0.3) is 33.3 Å². The van der Waals surface area contributed by atoms with Gasteiger partial charge < -0.3 is 20.4 Å². The molecule has 1 aliphatic rings. The minimum Gasteiger partial charge on any atom is -0.465 e. The number of aliphatic hydroxyl groups is 1. The van der Waals surface area contributed by atoms with Crippen LogP contribution in [0.3, 0.4) is 0 Å². The third-order valence-electron chi connectivity index (χ3n) is 7.96. The van der Waals surface area contributed by atoms with Gasteiger partial charge in [-0.25, -0.2) is 27.2 Å². The van der Waals surface area contributed by atoms with Crippen LogP contribution in [0.4, 0.5) is 23.9 Å². The summed E-state index contributed by atoms with van der Waals surface area (Å²) in [6.07, 6.45) is 0.0977. The largest absolute Gasteiger partial charge is 0.465 e. The van der Waals surface area contributed by atoms with Crippen molar-refractivity contribution in [1.82, 2.24) is 28.6 Å². The van der Waals surface area contributed by atoms with Crippen LogP contribution in [0.15, 0.2) is 78.2 Å². The summed E-state index contributed by atoms with van der Waals surface area (Å²) in [6.45, 7) is 3.89. The van der Waals surface area contributed by atoms with Gasteiger partial charge in [0.05, 0.1) is 34.4 Å². The van der Waals surface area contributed by atoms with E-state index < -0.39 is 45.2 Å². The molecule has 1 saturated heterocycles. The highest BCUT2D eigenvalue weighted by molar-refractivity contribution is 7.90. The van der Waals surface area contributed by atoms with Crippen LogP contribution >= 0.6 is 0 Å². The van der Waals surface area contributed by atoms with Crippen molar-refractivity contribution in [2.45, 2.75) is 55.9 Å². The normalized spacial score (nSPS) is 16.0. The van der Waals surface area contributed by atoms with Crippen molar-refractivity contribution in [2.75, 3.05) is 18.4 Å². The highest BCUT2D eigenvalue weighted by Gasteiger charge is 2.37. The quantitative estimate of drug-likeness (QED) is 0.191. The lowest BCUT2D eigenvalue weighted by atomic mass is 10.0. The third kappa shape index (κ3) is 6.71. The predicted octanol–water partition coefficient (Wildman–Crippen LogP) is 5.54. The molecule has 1 amide bonds. The van der Waals surface area contributed by atoms with Crippen LogP contribution in [0, 0.1) is 0 Å². The summed E-state index contributed by atoms with van der Waals surface area (Å²) in [5.41, 5.74) is -1.61. The summed E-state index contributed by atoms with van der Waals surface area (Å²) in [6, 6.07) is 11.8. The Bertz CT molecular complexity index is 2090. The molecule has 12 nitrogen and oxygen atoms in total. The minimum absolute atomic E-state index is 0.0711. The predicted molar refractivity (Wildman–Crippen MR) is 171 cm³/mol. The molecule has 0 bridgehead atoms. The maximum Gasteiger partial charge on any atom is 0.419 e. The Morgan fingerprint density at radius 2 is 1.81 bits per heavy atom. The van der Waals surface area contributed by atoms with Crippen LogP contribution in [0.2, 0.25) is 0 Å². The number of nitrogens with one attached hydrogen (secondary N) is 1. The fourth-order valence-corrected chi connectivity index (χ4v) is 7.16. The zero-order chi connectivity index (χ0) is 34.4. The number of fused-ring (bicyclic) bond motifs is 1. The van der Waals surface area contributed by atoms with E-state index in [1.54, 1.807) is 56.6 Å². The summed E-state index contributed by atoms with van der Waals surface area (Å²) < 4.78 is 73.8. The number of anilines is 1. The van der Waals surface area contributed by atoms with E-state index in [0.29, 0.717) is 36.7 Å². The molecule has 0 aliphatic carbocycles. The van der Waals surface area contributed by atoms with E-state index in [0.717, 1.165) is 10.2 Å². The number of hydrogen-bond donors (Lipinski definition) is 3. The lowest BCUT2D eigenvalue weighted by Gasteiger charge is -2.31. The van der Waals surface area contributed by atoms with Crippen LogP contribution < -0.4 is 5.32 Å². The number of halogens is 3. The van der Waals surface area contributed by atoms with Gasteiger partial charge in [-0.05, 0) is 50.5 Å². The second-order valence-corrected chi connectivity index (χ2v) is 14.1. The van der Waals surface area contributed by atoms with Gasteiger partial charge in [-0.3, -0.25) is 4.68 Å². The first kappa shape index (κ1) is 33.0. The van der Waals surface area contributed by atoms with Gasteiger partial charge >= 0.3 is 12.3 Å². The molecule has 48 heavy (non-hydrogen) atoms. The molecule has 16 heteroatoms. The molecular weight excluding hydrogens is 651 g/mol. The van der Waals surface area contributed by atoms with E-state index in [4.69, 9.17) is 0 Å². The molecule has 3 N–H and O–H groups in total. The Hall–Kier alpha value is -4.96. The van der Waals surface area contributed by atoms with Crippen molar-refractivity contribution in [3.63, 3.8) is 0 Å². The average molecular weight is 684 g/mol. The van der Waals surface area contributed by atoms with Gasteiger partial charge in [0.25, 0.3) is 10.0 Å². The van der Waals surface area contributed by atoms with Crippen molar-refractivity contribution < 1.29 is 36.6 Å². The Morgan fingerprint density at radius 1 is 1.06 bits per heavy atom. The van der Waals surface area contributed by atoms with Crippen LogP contribution in [0.5, 0.6) is 0 Å². The maximum atomic E-state index is 14.5. The lowest BCUT2D eigenvalue weighted by molar-refractivity contribution is -0.137. The number of amides is 1. The van der Waals surface area contributed by atoms with E-state index in [1.165, 1.54) is 27.8 Å². The van der Waals surface area contributed by atoms with E-state index in [9.17, 15) is 36.6 Å². The molecule has 0 unspecified atom stereocenters. The number of carbonyl (C=O) groups is 1. The summed E-state index contributed by atoms with van der Waals surface area (Å²) >= 11 is 0. The molecule has 1 fully saturated rings. The molecule has 0 saturated carbocycles. The SMILES string of the molecule is CC(C)(O)Cn1cc(-c2ccc3c(-c4nc(N[C@H]5CCCN(C(=O)O)C5)ncc4C(F)(F)F)cn(S(=O)(=O)c4ccccc4)c3c2)cn1. The number of nitrogens with zero attached hydrogens (tertiary/aromatic N) is 6. The van der Waals surface area contributed by atoms with Gasteiger partial charge in [0.1, 0.15) is 5.56 Å². The molecule has 1 atom stereocenters. The molecule has 252 valence electrons. The second kappa shape index (κ2) is 12.2. The molecule has 2 aromatic carbocycles. The number of piperidine rings is 1. The zero-order valence-electron chi connectivity index (χ0n) is 25.9. The van der Waals surface area contributed by atoms with E-state index >= 15 is 0 Å². The Morgan fingerprint density at radius 3 is 2.50 bits per heavy atom. The van der Waals surface area contributed by atoms with Crippen molar-refractivity contribution in [2.24, 2.45) is 0 Å². The van der Waals surface area contributed by atoms with Gasteiger partial charge in [0.15, 0.2) is 0 Å². The Balaban J connectivity index is 1.51. The van der Waals surface area contributed by atoms with Crippen molar-refractivity contribution in [3.8, 4) is 22.4 Å². The number of carboxylic acid groups (broad SMARTS) is 1. The Kier molecular flexibility index (Phi) is 8.41. The minimum atomic E-state index is -4.89. The lowest BCUT2D eigenvalue weighted by Crippen LogP contribution is -2.44. The van der Waals surface area contributed by atoms with Crippen LogP contribution in [0.1, 0.15) is 32.3 Å². The molecule has 1 aliphatic heterocycles. The fraction of sp³-hybridized carbons (Fsp3) is 0.312. The van der Waals surface area contributed by atoms with E-state index in [2.05, 4.69) is 20.4 Å². The van der Waals surface area contributed by atoms with Crippen molar-refractivity contribution in [1.29, 1.82) is 0 Å². The number of benzene rings is 2. The standard InChI is InChI=1S/C32H32F3N7O5S/c1-31(2,45)19-41-16-21(14-37-41)20-10-11-24-25(18-42(27(24)13-20)48(46,47)23-8-4-3-5-9-23)28-26(32(33,34)35)15-36-29(39-28)38-22-7-6-12-40(17-22)30(43)44/h3-5,8-11,13-16,18,22,45H,6-7,12,17,19H2,1-2H3,(H,43,44)(H,36,38,39)/t22-/m0/s1. The summed E-state index contributed by atoms with van der Waals surface area (Å²) in [4.78, 5) is 20.8. The topological polar surface area (TPSA) is 155 Å². The monoisotopic (exact) mass is 683 g/mol. The highest BCUT2D eigenvalue weighted by atomic mass is 32.2. The average Bonchev–Trinajstić information content (AvgIpc) is 3.65. The molecule has 0 radical (unpaired) electrons. The van der Waals surface area contributed by atoms with Crippen molar-refractivity contribution >= 4 is 33.0 Å². The van der Waals surface area contributed by atoms with Gasteiger partial charge in [0, 0.05) is 54.2 Å². The third-order valence-corrected chi connectivity index (χ3v) is 9.65. The number of likely N-dealkylation sites (tertiary alicyclic amines) is 1. The van der Waals surface area contributed by atoms with Crippen LogP contribution in [-0.4, -0.2) is 78.1 Å². The number of rotatable bonds is 8. The molecular formula is C32H32F3N7O5S. The van der Waals surface area contributed by atoms with Gasteiger partial charge in [-0.2, -0.15) is 18.3 Å². The highest BCUT2D eigenvalue weighted by Crippen LogP contribution is 2.41. The molecule has 6 rings (SSSR count). The molecule has 5 aromatic rings. The Labute approximate surface area is 273 Å². The van der Waals surface area contributed by atoms with E-state index in [-0.39, 0.29) is 40.4 Å². The first-order chi connectivity index (χ1) is 22.6. The van der Waals surface area contributed by atoms with Crippen LogP contribution in [-0.2, 0) is 22.7 Å². The zero-order valence-corrected chi connectivity index (χ0v) is 26.7. The molecule has 3 aromatic heterocycles. The van der Waals surface area contributed by atoms with Gasteiger partial charge in [-0.15, -0.1) is 0 Å². The summed E-state index contributed by atoms with van der Waals surface area (Å²) in [7, 11) is -4.30. The first-order valence-corrected chi connectivity index (χ1v) is 16.4. The summed E-state index contributed by atoms with van der Waals surface area (Å²) in [5, 5.41) is 27.1. The summed E-state index contributed by atoms with van der Waals surface area (Å²) in [5.74, 6) is -0.155. The number of alkyl halides is 3. The second-order valence-electron chi connectivity index (χ2n) is 12.3. The smallest absolute Gasteiger partial charge is 0.419 e.